The fourth-order valence-corrected chi connectivity index (χ4v) is 3.66. The fourth-order valence-electron chi connectivity index (χ4n) is 3.66. The van der Waals surface area contributed by atoms with E-state index in [1.54, 1.807) is 18.2 Å². The number of aryl methyl sites for hydroxylation is 2. The van der Waals surface area contributed by atoms with E-state index in [-0.39, 0.29) is 48.0 Å². The Hall–Kier alpha value is -3.25. The van der Waals surface area contributed by atoms with Crippen molar-refractivity contribution in [3.05, 3.63) is 46.5 Å². The minimum Gasteiger partial charge on any atom is -0.504 e. The summed E-state index contributed by atoms with van der Waals surface area (Å²) in [5.41, 5.74) is 2.21. The molecule has 8 nitrogen and oxygen atoms in total. The summed E-state index contributed by atoms with van der Waals surface area (Å²) < 4.78 is 10.3. The maximum atomic E-state index is 12.4. The number of hydrogen-bond acceptors (Lipinski definition) is 8. The summed E-state index contributed by atoms with van der Waals surface area (Å²) >= 11 is 0. The first-order valence-corrected chi connectivity index (χ1v) is 10.3. The maximum absolute atomic E-state index is 12.4. The van der Waals surface area contributed by atoms with Gasteiger partial charge in [0.1, 0.15) is 5.78 Å². The van der Waals surface area contributed by atoms with E-state index in [0.717, 1.165) is 5.56 Å². The van der Waals surface area contributed by atoms with Crippen LogP contribution in [-0.4, -0.2) is 51.0 Å². The number of benzene rings is 2. The summed E-state index contributed by atoms with van der Waals surface area (Å²) in [5.74, 6) is 5.52. The molecule has 0 radical (unpaired) electrons. The number of aliphatic hydroxyl groups is 3. The number of carbonyl (C=O) groups excluding carboxylic acids is 1. The largest absolute Gasteiger partial charge is 0.504 e. The summed E-state index contributed by atoms with van der Waals surface area (Å²) in [5, 5.41) is 49.3. The van der Waals surface area contributed by atoms with E-state index in [1.807, 2.05) is 0 Å². The predicted octanol–water partition coefficient (Wildman–Crippen LogP) is 1.55. The standard InChI is InChI=1S/C24H26O8/c25-13-31-22-11-15-4-7-18(27)12-19(28)8-5-16-6-9-21(29)24(32-14-26)20(16)3-1-2-17(10-15)23(22)30/h6,9-11,18,25-27,29-30H,2,4-5,7-8,12-14H2. The highest BCUT2D eigenvalue weighted by Crippen LogP contribution is 2.35. The average Bonchev–Trinajstić information content (AvgIpc) is 2.76. The molecule has 2 aromatic rings. The van der Waals surface area contributed by atoms with Crippen molar-refractivity contribution in [1.82, 2.24) is 0 Å². The van der Waals surface area contributed by atoms with Crippen LogP contribution in [0.3, 0.4) is 0 Å². The van der Waals surface area contributed by atoms with Crippen LogP contribution in [0.5, 0.6) is 23.0 Å². The van der Waals surface area contributed by atoms with Crippen molar-refractivity contribution < 1.29 is 39.8 Å². The number of rotatable bonds is 4. The van der Waals surface area contributed by atoms with Gasteiger partial charge in [-0.25, -0.2) is 0 Å². The Bertz CT molecular complexity index is 1030. The zero-order valence-electron chi connectivity index (χ0n) is 17.5. The molecule has 1 aliphatic carbocycles. The van der Waals surface area contributed by atoms with E-state index in [1.165, 1.54) is 6.07 Å². The van der Waals surface area contributed by atoms with Gasteiger partial charge >= 0.3 is 0 Å². The van der Waals surface area contributed by atoms with Gasteiger partial charge in [0.2, 0.25) is 0 Å². The lowest BCUT2D eigenvalue weighted by molar-refractivity contribution is -0.121. The minimum absolute atomic E-state index is 0.00400. The molecule has 0 amide bonds. The monoisotopic (exact) mass is 442 g/mol. The number of phenolic OH excluding ortho intramolecular Hbond substituents is 2. The molecular formula is C24H26O8. The normalized spacial score (nSPS) is 16.7. The van der Waals surface area contributed by atoms with Crippen LogP contribution >= 0.6 is 0 Å². The molecule has 0 saturated carbocycles. The molecule has 2 bridgehead atoms. The van der Waals surface area contributed by atoms with E-state index in [2.05, 4.69) is 11.8 Å². The van der Waals surface area contributed by atoms with Gasteiger partial charge in [-0.3, -0.25) is 4.79 Å². The Morgan fingerprint density at radius 1 is 1.00 bits per heavy atom. The van der Waals surface area contributed by atoms with Gasteiger partial charge in [-0.15, -0.1) is 0 Å². The molecule has 3 rings (SSSR count). The molecule has 5 N–H and O–H groups in total. The van der Waals surface area contributed by atoms with Crippen LogP contribution in [0, 0.1) is 11.8 Å². The summed E-state index contributed by atoms with van der Waals surface area (Å²) in [6.07, 6.45) is 0.596. The van der Waals surface area contributed by atoms with Gasteiger partial charge < -0.3 is 35.0 Å². The zero-order valence-corrected chi connectivity index (χ0v) is 17.5. The van der Waals surface area contributed by atoms with E-state index in [4.69, 9.17) is 14.6 Å². The van der Waals surface area contributed by atoms with Crippen LogP contribution in [0.15, 0.2) is 24.3 Å². The second kappa shape index (κ2) is 10.9. The van der Waals surface area contributed by atoms with Crippen molar-refractivity contribution in [1.29, 1.82) is 0 Å². The molecule has 0 spiro atoms. The van der Waals surface area contributed by atoms with Crippen molar-refractivity contribution in [3.63, 3.8) is 0 Å². The molecule has 170 valence electrons. The second-order valence-corrected chi connectivity index (χ2v) is 7.51. The second-order valence-electron chi connectivity index (χ2n) is 7.51. The zero-order chi connectivity index (χ0) is 23.1. The molecule has 1 unspecified atom stereocenters. The summed E-state index contributed by atoms with van der Waals surface area (Å²) in [7, 11) is 0. The van der Waals surface area contributed by atoms with Gasteiger partial charge in [0.15, 0.2) is 36.6 Å². The Morgan fingerprint density at radius 2 is 1.78 bits per heavy atom. The number of carbonyl (C=O) groups is 1. The molecule has 8 heteroatoms. The Kier molecular flexibility index (Phi) is 7.95. The van der Waals surface area contributed by atoms with Crippen LogP contribution in [0.25, 0.3) is 0 Å². The number of ether oxygens (including phenoxy) is 2. The first-order chi connectivity index (χ1) is 15.4. The lowest BCUT2D eigenvalue weighted by atomic mass is 9.97. The molecule has 0 heterocycles. The molecule has 0 saturated heterocycles. The van der Waals surface area contributed by atoms with Gasteiger partial charge in [-0.1, -0.05) is 24.0 Å². The molecule has 0 aromatic heterocycles. The topological polar surface area (TPSA) is 137 Å². The number of hydrogen-bond donors (Lipinski definition) is 5. The van der Waals surface area contributed by atoms with Crippen molar-refractivity contribution >= 4 is 5.78 Å². The Morgan fingerprint density at radius 3 is 2.53 bits per heavy atom. The lowest BCUT2D eigenvalue weighted by Gasteiger charge is -2.14. The number of fused-ring (bicyclic) bond motifs is 3. The van der Waals surface area contributed by atoms with Crippen molar-refractivity contribution in [2.45, 2.75) is 44.6 Å². The van der Waals surface area contributed by atoms with Gasteiger partial charge in [-0.2, -0.15) is 0 Å². The molecule has 32 heavy (non-hydrogen) atoms. The first kappa shape index (κ1) is 23.4. The summed E-state index contributed by atoms with van der Waals surface area (Å²) in [6.45, 7) is -1.28. The van der Waals surface area contributed by atoms with Crippen LogP contribution < -0.4 is 9.47 Å². The highest BCUT2D eigenvalue weighted by atomic mass is 16.6. The van der Waals surface area contributed by atoms with E-state index in [9.17, 15) is 25.2 Å². The quantitative estimate of drug-likeness (QED) is 0.355. The van der Waals surface area contributed by atoms with E-state index >= 15 is 0 Å². The van der Waals surface area contributed by atoms with Gasteiger partial charge in [0, 0.05) is 24.8 Å². The van der Waals surface area contributed by atoms with Crippen LogP contribution in [0.1, 0.15) is 41.5 Å². The maximum Gasteiger partial charge on any atom is 0.186 e. The van der Waals surface area contributed by atoms with Crippen LogP contribution in [-0.2, 0) is 24.1 Å². The number of ketones is 1. The lowest BCUT2D eigenvalue weighted by Crippen LogP contribution is -2.15. The van der Waals surface area contributed by atoms with Crippen molar-refractivity contribution in [3.8, 4) is 34.8 Å². The van der Waals surface area contributed by atoms with Crippen molar-refractivity contribution in [2.75, 3.05) is 13.6 Å². The van der Waals surface area contributed by atoms with Crippen molar-refractivity contribution in [2.24, 2.45) is 0 Å². The third kappa shape index (κ3) is 5.71. The number of aromatic hydroxyl groups is 2. The van der Waals surface area contributed by atoms with Crippen LogP contribution in [0.2, 0.25) is 0 Å². The molecular weight excluding hydrogens is 416 g/mol. The molecule has 1 aliphatic rings. The van der Waals surface area contributed by atoms with Gasteiger partial charge in [0.25, 0.3) is 0 Å². The number of aliphatic hydroxyl groups excluding tert-OH is 3. The Balaban J connectivity index is 2.08. The number of phenols is 2. The Labute approximate surface area is 185 Å². The van der Waals surface area contributed by atoms with E-state index in [0.29, 0.717) is 36.0 Å². The third-order valence-corrected chi connectivity index (χ3v) is 5.26. The highest BCUT2D eigenvalue weighted by molar-refractivity contribution is 5.79. The summed E-state index contributed by atoms with van der Waals surface area (Å²) in [4.78, 5) is 12.4. The molecule has 0 aliphatic heterocycles. The predicted molar refractivity (Wildman–Crippen MR) is 114 cm³/mol. The smallest absolute Gasteiger partial charge is 0.186 e. The fraction of sp³-hybridized carbons (Fsp3) is 0.375. The SMILES string of the molecule is O=C1CCc2ccc(O)c(OCO)c2C#CCc2cc(cc(OCO)c2O)CCC(O)C1. The minimum atomic E-state index is -0.823. The van der Waals surface area contributed by atoms with Gasteiger partial charge in [-0.05, 0) is 42.5 Å². The third-order valence-electron chi connectivity index (χ3n) is 5.26. The highest BCUT2D eigenvalue weighted by Gasteiger charge is 2.18. The van der Waals surface area contributed by atoms with E-state index < -0.39 is 19.7 Å². The summed E-state index contributed by atoms with van der Waals surface area (Å²) in [6, 6.07) is 6.36. The first-order valence-electron chi connectivity index (χ1n) is 10.3. The average molecular weight is 442 g/mol. The van der Waals surface area contributed by atoms with Crippen LogP contribution in [0.4, 0.5) is 0 Å². The number of Topliss-reactive ketones (excluding diaryl/α,β-unsaturated/α-hetero) is 1. The molecule has 2 aromatic carbocycles. The molecule has 1 atom stereocenters. The molecule has 0 fully saturated rings. The van der Waals surface area contributed by atoms with Gasteiger partial charge in [0.05, 0.1) is 11.7 Å².